The Balaban J connectivity index is 2.05. The van der Waals surface area contributed by atoms with Gasteiger partial charge in [0.25, 0.3) is 0 Å². The molecule has 0 aliphatic carbocycles. The van der Waals surface area contributed by atoms with Gasteiger partial charge in [0.2, 0.25) is 0 Å². The van der Waals surface area contributed by atoms with E-state index in [2.05, 4.69) is 10.2 Å². The molecule has 94 valence electrons. The summed E-state index contributed by atoms with van der Waals surface area (Å²) in [5, 5.41) is 6.68. The van der Waals surface area contributed by atoms with Crippen molar-refractivity contribution in [1.82, 2.24) is 14.8 Å². The van der Waals surface area contributed by atoms with E-state index in [1.54, 1.807) is 13.1 Å². The Kier molecular flexibility index (Phi) is 3.66. The van der Waals surface area contributed by atoms with Crippen molar-refractivity contribution >= 4 is 17.5 Å². The van der Waals surface area contributed by atoms with Crippen LogP contribution in [-0.2, 0) is 7.05 Å². The number of carbonyl (C=O) groups excluding carboxylic acids is 1. The predicted octanol–water partition coefficient (Wildman–Crippen LogP) is 1.39. The highest BCUT2D eigenvalue weighted by atomic mass is 32.2. The highest BCUT2D eigenvalue weighted by Gasteiger charge is 2.10. The molecule has 0 aliphatic rings. The summed E-state index contributed by atoms with van der Waals surface area (Å²) in [4.78, 5) is 23.1. The lowest BCUT2D eigenvalue weighted by Gasteiger charge is -2.01. The molecular weight excluding hydrogens is 250 g/mol. The number of aromatic nitrogens is 3. The number of Topliss-reactive ketones (excluding diaryl/α,β-unsaturated/α-hetero) is 1. The summed E-state index contributed by atoms with van der Waals surface area (Å²) < 4.78 is 1.38. The molecule has 1 aromatic carbocycles. The van der Waals surface area contributed by atoms with Gasteiger partial charge in [-0.25, -0.2) is 9.89 Å². The van der Waals surface area contributed by atoms with Gasteiger partial charge >= 0.3 is 5.69 Å². The van der Waals surface area contributed by atoms with Gasteiger partial charge in [-0.15, -0.1) is 5.10 Å². The largest absolute Gasteiger partial charge is 0.343 e. The fourth-order valence-electron chi connectivity index (χ4n) is 1.49. The van der Waals surface area contributed by atoms with Crippen molar-refractivity contribution in [3.63, 3.8) is 0 Å². The highest BCUT2D eigenvalue weighted by molar-refractivity contribution is 7.99. The molecule has 2 rings (SSSR count). The van der Waals surface area contributed by atoms with E-state index >= 15 is 0 Å². The van der Waals surface area contributed by atoms with Crippen molar-refractivity contribution in [2.24, 2.45) is 7.05 Å². The first-order valence-electron chi connectivity index (χ1n) is 5.42. The topological polar surface area (TPSA) is 67.8 Å². The van der Waals surface area contributed by atoms with E-state index in [4.69, 9.17) is 0 Å². The van der Waals surface area contributed by atoms with Crippen LogP contribution >= 0.6 is 11.8 Å². The Bertz CT molecular complexity index is 630. The van der Waals surface area contributed by atoms with E-state index in [1.165, 1.54) is 16.3 Å². The molecule has 6 heteroatoms. The van der Waals surface area contributed by atoms with Crippen LogP contribution in [0.3, 0.4) is 0 Å². The van der Waals surface area contributed by atoms with Gasteiger partial charge in [0.1, 0.15) is 0 Å². The fraction of sp³-hybridized carbons (Fsp3) is 0.250. The molecule has 0 radical (unpaired) electrons. The quantitative estimate of drug-likeness (QED) is 0.668. The second-order valence-electron chi connectivity index (χ2n) is 3.95. The van der Waals surface area contributed by atoms with Crippen LogP contribution in [0.25, 0.3) is 0 Å². The molecule has 5 nitrogen and oxygen atoms in total. The lowest BCUT2D eigenvalue weighted by molar-refractivity contribution is 0.102. The summed E-state index contributed by atoms with van der Waals surface area (Å²) in [6.07, 6.45) is 0. The van der Waals surface area contributed by atoms with Crippen LogP contribution in [0, 0.1) is 6.92 Å². The van der Waals surface area contributed by atoms with Gasteiger partial charge in [0, 0.05) is 12.6 Å². The lowest BCUT2D eigenvalue weighted by Crippen LogP contribution is -2.13. The normalized spacial score (nSPS) is 10.6. The van der Waals surface area contributed by atoms with E-state index in [-0.39, 0.29) is 17.2 Å². The molecule has 0 unspecified atom stereocenters. The molecule has 0 saturated heterocycles. The smallest absolute Gasteiger partial charge is 0.293 e. The molecule has 0 bridgehead atoms. The van der Waals surface area contributed by atoms with Gasteiger partial charge in [-0.05, 0) is 13.0 Å². The third-order valence-corrected chi connectivity index (χ3v) is 3.54. The zero-order valence-electron chi connectivity index (χ0n) is 10.1. The van der Waals surface area contributed by atoms with E-state index < -0.39 is 0 Å². The number of rotatable bonds is 4. The van der Waals surface area contributed by atoms with Crippen molar-refractivity contribution in [3.8, 4) is 0 Å². The maximum atomic E-state index is 11.9. The number of ketones is 1. The minimum atomic E-state index is -0.277. The number of hydrogen-bond acceptors (Lipinski definition) is 4. The number of benzene rings is 1. The van der Waals surface area contributed by atoms with Gasteiger partial charge in [0.05, 0.1) is 5.75 Å². The summed E-state index contributed by atoms with van der Waals surface area (Å²) in [5.41, 5.74) is 1.46. The summed E-state index contributed by atoms with van der Waals surface area (Å²) in [7, 11) is 1.62. The number of thioether (sulfide) groups is 1. The third-order valence-electron chi connectivity index (χ3n) is 2.51. The summed E-state index contributed by atoms with van der Waals surface area (Å²) in [5.74, 6) is 0.292. The zero-order chi connectivity index (χ0) is 13.1. The predicted molar refractivity (Wildman–Crippen MR) is 70.1 cm³/mol. The average Bonchev–Trinajstić information content (AvgIpc) is 2.67. The van der Waals surface area contributed by atoms with Crippen LogP contribution in [0.4, 0.5) is 0 Å². The molecule has 0 spiro atoms. The van der Waals surface area contributed by atoms with E-state index in [0.717, 1.165) is 5.56 Å². The van der Waals surface area contributed by atoms with Gasteiger partial charge < -0.3 is 0 Å². The Hall–Kier alpha value is -1.82. The first-order valence-corrected chi connectivity index (χ1v) is 6.40. The molecule has 1 aromatic heterocycles. The molecule has 0 fully saturated rings. The first kappa shape index (κ1) is 12.6. The van der Waals surface area contributed by atoms with Gasteiger partial charge in [0.15, 0.2) is 10.9 Å². The second kappa shape index (κ2) is 5.22. The zero-order valence-corrected chi connectivity index (χ0v) is 11.0. The van der Waals surface area contributed by atoms with Crippen LogP contribution in [0.5, 0.6) is 0 Å². The van der Waals surface area contributed by atoms with Gasteiger partial charge in [-0.2, -0.15) is 0 Å². The number of hydrogen-bond donors (Lipinski definition) is 1. The van der Waals surface area contributed by atoms with Crippen LogP contribution < -0.4 is 5.69 Å². The molecule has 2 aromatic rings. The molecule has 0 amide bonds. The summed E-state index contributed by atoms with van der Waals surface area (Å²) >= 11 is 1.25. The monoisotopic (exact) mass is 263 g/mol. The van der Waals surface area contributed by atoms with Crippen molar-refractivity contribution in [1.29, 1.82) is 0 Å². The fourth-order valence-corrected chi connectivity index (χ4v) is 2.31. The number of carbonyl (C=O) groups is 1. The van der Waals surface area contributed by atoms with E-state index in [0.29, 0.717) is 10.7 Å². The Morgan fingerprint density at radius 3 is 2.89 bits per heavy atom. The number of nitrogens with zero attached hydrogens (tertiary/aromatic N) is 2. The number of aromatic amines is 1. The average molecular weight is 263 g/mol. The van der Waals surface area contributed by atoms with Crippen molar-refractivity contribution in [3.05, 3.63) is 45.9 Å². The Morgan fingerprint density at radius 1 is 1.50 bits per heavy atom. The SMILES string of the molecule is Cc1cccc(C(=O)CSc2n[nH]c(=O)n2C)c1. The molecular formula is C12H13N3O2S. The minimum Gasteiger partial charge on any atom is -0.293 e. The molecule has 1 heterocycles. The summed E-state index contributed by atoms with van der Waals surface area (Å²) in [6, 6.07) is 7.45. The lowest BCUT2D eigenvalue weighted by atomic mass is 10.1. The van der Waals surface area contributed by atoms with E-state index in [9.17, 15) is 9.59 Å². The number of aryl methyl sites for hydroxylation is 1. The molecule has 18 heavy (non-hydrogen) atoms. The summed E-state index contributed by atoms with van der Waals surface area (Å²) in [6.45, 7) is 1.95. The Labute approximate surface area is 108 Å². The first-order chi connectivity index (χ1) is 8.58. The van der Waals surface area contributed by atoms with Crippen LogP contribution in [-0.4, -0.2) is 26.3 Å². The minimum absolute atomic E-state index is 0.0270. The molecule has 1 N–H and O–H groups in total. The van der Waals surface area contributed by atoms with Crippen molar-refractivity contribution in [2.75, 3.05) is 5.75 Å². The number of nitrogens with one attached hydrogen (secondary N) is 1. The van der Waals surface area contributed by atoms with Gasteiger partial charge in [-0.1, -0.05) is 35.5 Å². The van der Waals surface area contributed by atoms with Crippen molar-refractivity contribution in [2.45, 2.75) is 12.1 Å². The second-order valence-corrected chi connectivity index (χ2v) is 4.89. The van der Waals surface area contributed by atoms with E-state index in [1.807, 2.05) is 25.1 Å². The van der Waals surface area contributed by atoms with Crippen LogP contribution in [0.15, 0.2) is 34.2 Å². The molecule has 0 saturated carbocycles. The Morgan fingerprint density at radius 2 is 2.28 bits per heavy atom. The molecule has 0 atom stereocenters. The standard InChI is InChI=1S/C12H13N3O2S/c1-8-4-3-5-9(6-8)10(16)7-18-12-14-13-11(17)15(12)2/h3-6H,7H2,1-2H3,(H,13,17). The van der Waals surface area contributed by atoms with Gasteiger partial charge in [-0.3, -0.25) is 9.36 Å². The maximum Gasteiger partial charge on any atom is 0.343 e. The third kappa shape index (κ3) is 2.70. The molecule has 0 aliphatic heterocycles. The van der Waals surface area contributed by atoms with Crippen LogP contribution in [0.2, 0.25) is 0 Å². The number of H-pyrrole nitrogens is 1. The van der Waals surface area contributed by atoms with Crippen LogP contribution in [0.1, 0.15) is 15.9 Å². The maximum absolute atomic E-state index is 11.9. The highest BCUT2D eigenvalue weighted by Crippen LogP contribution is 2.15. The van der Waals surface area contributed by atoms with Crippen molar-refractivity contribution < 1.29 is 4.79 Å².